The minimum absolute atomic E-state index is 0.0414. The van der Waals surface area contributed by atoms with Crippen molar-refractivity contribution >= 4 is 49.0 Å². The molecule has 32 heavy (non-hydrogen) atoms. The zero-order chi connectivity index (χ0) is 22.9. The lowest BCUT2D eigenvalue weighted by molar-refractivity contribution is 0.0607. The van der Waals surface area contributed by atoms with Gasteiger partial charge in [-0.2, -0.15) is 4.31 Å². The molecule has 2 aromatic carbocycles. The van der Waals surface area contributed by atoms with Gasteiger partial charge >= 0.3 is 5.97 Å². The Bertz CT molecular complexity index is 1270. The fourth-order valence-corrected chi connectivity index (χ4v) is 6.71. The van der Waals surface area contributed by atoms with Crippen molar-refractivity contribution in [3.8, 4) is 0 Å². The van der Waals surface area contributed by atoms with E-state index in [-0.39, 0.29) is 10.9 Å². The number of anilines is 1. The summed E-state index contributed by atoms with van der Waals surface area (Å²) in [7, 11) is -2.32. The van der Waals surface area contributed by atoms with Gasteiger partial charge in [0.15, 0.2) is 0 Å². The third-order valence-electron chi connectivity index (χ3n) is 5.67. The fraction of sp³-hybridized carbons (Fsp3) is 0.304. The van der Waals surface area contributed by atoms with Crippen LogP contribution in [0.3, 0.4) is 0 Å². The van der Waals surface area contributed by atoms with E-state index >= 15 is 0 Å². The van der Waals surface area contributed by atoms with Gasteiger partial charge in [-0.3, -0.25) is 4.79 Å². The van der Waals surface area contributed by atoms with Crippen molar-refractivity contribution in [1.29, 1.82) is 0 Å². The molecule has 0 aliphatic carbocycles. The largest absolute Gasteiger partial charge is 0.465 e. The molecule has 4 rings (SSSR count). The molecule has 3 aromatic rings. The molecule has 0 radical (unpaired) electrons. The summed E-state index contributed by atoms with van der Waals surface area (Å²) in [4.78, 5) is 25.6. The van der Waals surface area contributed by atoms with Crippen LogP contribution in [0.2, 0.25) is 0 Å². The molecule has 1 aromatic heterocycles. The van der Waals surface area contributed by atoms with Crippen molar-refractivity contribution < 1.29 is 22.7 Å². The number of carbonyl (C=O) groups excluding carboxylic acids is 2. The summed E-state index contributed by atoms with van der Waals surface area (Å²) in [5.41, 5.74) is 0.683. The average Bonchev–Trinajstić information content (AvgIpc) is 3.17. The van der Waals surface area contributed by atoms with Crippen LogP contribution in [0.25, 0.3) is 10.1 Å². The van der Waals surface area contributed by atoms with E-state index in [4.69, 9.17) is 4.74 Å². The number of hydrogen-bond donors (Lipinski definition) is 1. The van der Waals surface area contributed by atoms with Gasteiger partial charge in [-0.05, 0) is 50.1 Å². The SMILES string of the molecule is COC(=O)c1sc2ccccc2c1NC(=O)c1ccc(S(=O)(=O)N2CCCC[C@@H]2C)cc1. The first-order chi connectivity index (χ1) is 15.3. The monoisotopic (exact) mass is 472 g/mol. The molecule has 0 unspecified atom stereocenters. The number of benzene rings is 2. The molecular formula is C23H24N2O5S2. The molecule has 7 nitrogen and oxygen atoms in total. The van der Waals surface area contributed by atoms with E-state index in [1.165, 1.54) is 47.0 Å². The van der Waals surface area contributed by atoms with Crippen molar-refractivity contribution in [1.82, 2.24) is 4.31 Å². The normalized spacial score (nSPS) is 17.2. The number of nitrogens with zero attached hydrogens (tertiary/aromatic N) is 1. The van der Waals surface area contributed by atoms with Crippen LogP contribution in [-0.2, 0) is 14.8 Å². The van der Waals surface area contributed by atoms with Gasteiger partial charge in [-0.25, -0.2) is 13.2 Å². The maximum absolute atomic E-state index is 13.0. The Hall–Kier alpha value is -2.75. The second kappa shape index (κ2) is 9.01. The first-order valence-electron chi connectivity index (χ1n) is 10.4. The minimum atomic E-state index is -3.61. The second-order valence-corrected chi connectivity index (χ2v) is 10.7. The van der Waals surface area contributed by atoms with Crippen LogP contribution in [0.15, 0.2) is 53.4 Å². The predicted molar refractivity (Wildman–Crippen MR) is 125 cm³/mol. The number of amides is 1. The molecule has 2 heterocycles. The van der Waals surface area contributed by atoms with Gasteiger partial charge < -0.3 is 10.1 Å². The van der Waals surface area contributed by atoms with E-state index < -0.39 is 21.9 Å². The highest BCUT2D eigenvalue weighted by molar-refractivity contribution is 7.89. The summed E-state index contributed by atoms with van der Waals surface area (Å²) in [6, 6.07) is 13.2. The maximum Gasteiger partial charge on any atom is 0.350 e. The molecule has 1 fully saturated rings. The molecule has 1 aliphatic rings. The van der Waals surface area contributed by atoms with Crippen molar-refractivity contribution in [3.05, 3.63) is 59.0 Å². The van der Waals surface area contributed by atoms with Gasteiger partial charge in [0.25, 0.3) is 5.91 Å². The fourth-order valence-electron chi connectivity index (χ4n) is 3.93. The van der Waals surface area contributed by atoms with Crippen LogP contribution in [0.4, 0.5) is 5.69 Å². The highest BCUT2D eigenvalue weighted by Gasteiger charge is 2.31. The van der Waals surface area contributed by atoms with Crippen LogP contribution in [-0.4, -0.2) is 44.3 Å². The lowest BCUT2D eigenvalue weighted by Gasteiger charge is -2.32. The van der Waals surface area contributed by atoms with Gasteiger partial charge in [-0.1, -0.05) is 24.6 Å². The topological polar surface area (TPSA) is 92.8 Å². The van der Waals surface area contributed by atoms with Crippen LogP contribution in [0.5, 0.6) is 0 Å². The smallest absolute Gasteiger partial charge is 0.350 e. The summed E-state index contributed by atoms with van der Waals surface area (Å²) in [6.07, 6.45) is 2.72. The Morgan fingerprint density at radius 2 is 1.81 bits per heavy atom. The average molecular weight is 473 g/mol. The third-order valence-corrected chi connectivity index (χ3v) is 8.85. The molecule has 168 valence electrons. The zero-order valence-corrected chi connectivity index (χ0v) is 19.5. The van der Waals surface area contributed by atoms with Crippen LogP contribution < -0.4 is 5.32 Å². The van der Waals surface area contributed by atoms with Crippen LogP contribution in [0.1, 0.15) is 46.2 Å². The number of hydrogen-bond acceptors (Lipinski definition) is 6. The van der Waals surface area contributed by atoms with Crippen LogP contribution >= 0.6 is 11.3 Å². The summed E-state index contributed by atoms with van der Waals surface area (Å²) in [5.74, 6) is -0.965. The highest BCUT2D eigenvalue weighted by Crippen LogP contribution is 2.36. The molecular weight excluding hydrogens is 448 g/mol. The van der Waals surface area contributed by atoms with Gasteiger partial charge in [0.1, 0.15) is 4.88 Å². The number of thiophene rings is 1. The number of sulfonamides is 1. The van der Waals surface area contributed by atoms with Crippen molar-refractivity contribution in [2.24, 2.45) is 0 Å². The summed E-state index contributed by atoms with van der Waals surface area (Å²) < 4.78 is 33.3. The number of ether oxygens (including phenoxy) is 1. The van der Waals surface area contributed by atoms with E-state index in [1.54, 1.807) is 0 Å². The number of piperidine rings is 1. The van der Waals surface area contributed by atoms with E-state index in [0.29, 0.717) is 22.7 Å². The molecule has 1 N–H and O–H groups in total. The Kier molecular flexibility index (Phi) is 6.32. The summed E-state index contributed by atoms with van der Waals surface area (Å²) in [6.45, 7) is 2.43. The quantitative estimate of drug-likeness (QED) is 0.552. The van der Waals surface area contributed by atoms with Crippen molar-refractivity contribution in [3.63, 3.8) is 0 Å². The standard InChI is InChI=1S/C23H24N2O5S2/c1-15-7-5-6-14-25(15)32(28,29)17-12-10-16(11-13-17)22(26)24-20-18-8-3-4-9-19(18)31-21(20)23(27)30-2/h3-4,8-13,15H,5-7,14H2,1-2H3,(H,24,26)/t15-/m0/s1. The van der Waals surface area contributed by atoms with Gasteiger partial charge in [0.05, 0.1) is 17.7 Å². The third kappa shape index (κ3) is 4.15. The number of nitrogens with one attached hydrogen (secondary N) is 1. The van der Waals surface area contributed by atoms with Crippen molar-refractivity contribution in [2.75, 3.05) is 19.0 Å². The Morgan fingerprint density at radius 3 is 2.50 bits per heavy atom. The van der Waals surface area contributed by atoms with E-state index in [9.17, 15) is 18.0 Å². The molecule has 1 saturated heterocycles. The van der Waals surface area contributed by atoms with E-state index in [0.717, 1.165) is 29.3 Å². The van der Waals surface area contributed by atoms with Gasteiger partial charge in [-0.15, -0.1) is 11.3 Å². The Balaban J connectivity index is 1.60. The second-order valence-electron chi connectivity index (χ2n) is 7.73. The van der Waals surface area contributed by atoms with Gasteiger partial charge in [0.2, 0.25) is 10.0 Å². The lowest BCUT2D eigenvalue weighted by atomic mass is 10.1. The number of rotatable bonds is 5. The Morgan fingerprint density at radius 1 is 1.09 bits per heavy atom. The van der Waals surface area contributed by atoms with Gasteiger partial charge in [0, 0.05) is 28.2 Å². The molecule has 9 heteroatoms. The number of esters is 1. The van der Waals surface area contributed by atoms with E-state index in [2.05, 4.69) is 5.32 Å². The Labute approximate surface area is 191 Å². The minimum Gasteiger partial charge on any atom is -0.465 e. The molecule has 1 atom stereocenters. The predicted octanol–water partition coefficient (Wildman–Crippen LogP) is 4.50. The van der Waals surface area contributed by atoms with Crippen molar-refractivity contribution in [2.45, 2.75) is 37.1 Å². The molecule has 1 aliphatic heterocycles. The number of carbonyl (C=O) groups is 2. The number of methoxy groups -OCH3 is 1. The number of fused-ring (bicyclic) bond motifs is 1. The lowest BCUT2D eigenvalue weighted by Crippen LogP contribution is -2.41. The molecule has 0 spiro atoms. The van der Waals surface area contributed by atoms with E-state index in [1.807, 2.05) is 31.2 Å². The maximum atomic E-state index is 13.0. The first-order valence-corrected chi connectivity index (χ1v) is 12.6. The molecule has 0 bridgehead atoms. The summed E-state index contributed by atoms with van der Waals surface area (Å²) >= 11 is 1.24. The highest BCUT2D eigenvalue weighted by atomic mass is 32.2. The molecule has 0 saturated carbocycles. The zero-order valence-electron chi connectivity index (χ0n) is 17.8. The van der Waals surface area contributed by atoms with Crippen LogP contribution in [0, 0.1) is 0 Å². The molecule has 1 amide bonds. The summed E-state index contributed by atoms with van der Waals surface area (Å²) in [5, 5.41) is 3.54. The first kappa shape index (κ1) is 22.4.